The predicted octanol–water partition coefficient (Wildman–Crippen LogP) is 2.21. The smallest absolute Gasteiger partial charge is 0.102 e. The Hall–Kier alpha value is -0.930. The van der Waals surface area contributed by atoms with Gasteiger partial charge in [0, 0.05) is 19.1 Å². The Morgan fingerprint density at radius 3 is 2.53 bits per heavy atom. The van der Waals surface area contributed by atoms with Crippen LogP contribution in [0.15, 0.2) is 30.3 Å². The number of halogens is 1. The highest BCUT2D eigenvalue weighted by atomic mass is 19.1. The molecule has 0 saturated carbocycles. The van der Waals surface area contributed by atoms with Crippen molar-refractivity contribution in [3.63, 3.8) is 0 Å². The van der Waals surface area contributed by atoms with E-state index in [0.717, 1.165) is 32.5 Å². The first kappa shape index (κ1) is 12.5. The standard InChI is InChI=1S/C14H21FN2/c15-8-9-16-14-6-10-17(11-7-14)12-13-4-2-1-3-5-13/h1-5,14,16H,6-12H2. The molecule has 0 spiro atoms. The van der Waals surface area contributed by atoms with Crippen LogP contribution in [0.25, 0.3) is 0 Å². The number of hydrogen-bond donors (Lipinski definition) is 1. The van der Waals surface area contributed by atoms with E-state index in [1.807, 2.05) is 0 Å². The van der Waals surface area contributed by atoms with Gasteiger partial charge in [-0.2, -0.15) is 0 Å². The number of likely N-dealkylation sites (tertiary alicyclic amines) is 1. The summed E-state index contributed by atoms with van der Waals surface area (Å²) in [6.07, 6.45) is 2.26. The minimum absolute atomic E-state index is 0.260. The SMILES string of the molecule is FCCNC1CCN(Cc2ccccc2)CC1. The van der Waals surface area contributed by atoms with Gasteiger partial charge in [0.25, 0.3) is 0 Å². The second-order valence-corrected chi connectivity index (χ2v) is 4.68. The summed E-state index contributed by atoms with van der Waals surface area (Å²) in [5.41, 5.74) is 1.38. The summed E-state index contributed by atoms with van der Waals surface area (Å²) >= 11 is 0. The fraction of sp³-hybridized carbons (Fsp3) is 0.571. The molecule has 0 unspecified atom stereocenters. The zero-order valence-electron chi connectivity index (χ0n) is 10.2. The van der Waals surface area contributed by atoms with Gasteiger partial charge in [0.1, 0.15) is 6.67 Å². The van der Waals surface area contributed by atoms with Crippen molar-refractivity contribution < 1.29 is 4.39 Å². The van der Waals surface area contributed by atoms with E-state index in [9.17, 15) is 4.39 Å². The van der Waals surface area contributed by atoms with Crippen molar-refractivity contribution in [1.29, 1.82) is 0 Å². The third kappa shape index (κ3) is 4.10. The van der Waals surface area contributed by atoms with Crippen molar-refractivity contribution in [2.45, 2.75) is 25.4 Å². The minimum Gasteiger partial charge on any atom is -0.311 e. The molecule has 3 heteroatoms. The third-order valence-electron chi connectivity index (χ3n) is 3.36. The van der Waals surface area contributed by atoms with Gasteiger partial charge in [-0.25, -0.2) is 4.39 Å². The molecule has 1 aliphatic rings. The van der Waals surface area contributed by atoms with E-state index in [1.165, 1.54) is 5.56 Å². The first-order valence-electron chi connectivity index (χ1n) is 6.44. The van der Waals surface area contributed by atoms with Crippen molar-refractivity contribution in [2.75, 3.05) is 26.3 Å². The molecule has 1 aliphatic heterocycles. The predicted molar refractivity (Wildman–Crippen MR) is 68.7 cm³/mol. The molecule has 0 aromatic heterocycles. The van der Waals surface area contributed by atoms with Gasteiger partial charge in [0.15, 0.2) is 0 Å². The van der Waals surface area contributed by atoms with E-state index in [1.54, 1.807) is 0 Å². The molecule has 94 valence electrons. The Balaban J connectivity index is 1.72. The largest absolute Gasteiger partial charge is 0.311 e. The third-order valence-corrected chi connectivity index (χ3v) is 3.36. The summed E-state index contributed by atoms with van der Waals surface area (Å²) in [4.78, 5) is 2.48. The summed E-state index contributed by atoms with van der Waals surface area (Å²) in [6.45, 7) is 3.50. The van der Waals surface area contributed by atoms with Crippen molar-refractivity contribution in [2.24, 2.45) is 0 Å². The fourth-order valence-corrected chi connectivity index (χ4v) is 2.40. The maximum atomic E-state index is 12.0. The van der Waals surface area contributed by atoms with Crippen molar-refractivity contribution in [3.05, 3.63) is 35.9 Å². The van der Waals surface area contributed by atoms with Crippen LogP contribution in [0.5, 0.6) is 0 Å². The monoisotopic (exact) mass is 236 g/mol. The molecule has 1 N–H and O–H groups in total. The molecule has 0 radical (unpaired) electrons. The van der Waals surface area contributed by atoms with Crippen LogP contribution >= 0.6 is 0 Å². The van der Waals surface area contributed by atoms with Gasteiger partial charge in [-0.15, -0.1) is 0 Å². The van der Waals surface area contributed by atoms with E-state index in [4.69, 9.17) is 0 Å². The fourth-order valence-electron chi connectivity index (χ4n) is 2.40. The number of nitrogens with zero attached hydrogens (tertiary/aromatic N) is 1. The highest BCUT2D eigenvalue weighted by Crippen LogP contribution is 2.13. The first-order valence-corrected chi connectivity index (χ1v) is 6.44. The van der Waals surface area contributed by atoms with Crippen LogP contribution in [0.1, 0.15) is 18.4 Å². The maximum Gasteiger partial charge on any atom is 0.102 e. The van der Waals surface area contributed by atoms with Crippen molar-refractivity contribution in [1.82, 2.24) is 10.2 Å². The molecule has 1 aromatic carbocycles. The van der Waals surface area contributed by atoms with Crippen molar-refractivity contribution >= 4 is 0 Å². The number of rotatable bonds is 5. The van der Waals surface area contributed by atoms with E-state index in [-0.39, 0.29) is 6.67 Å². The van der Waals surface area contributed by atoms with Crippen molar-refractivity contribution in [3.8, 4) is 0 Å². The van der Waals surface area contributed by atoms with Gasteiger partial charge in [0.05, 0.1) is 0 Å². The molecular formula is C14H21FN2. The number of nitrogens with one attached hydrogen (secondary N) is 1. The molecule has 1 aromatic rings. The molecule has 17 heavy (non-hydrogen) atoms. The summed E-state index contributed by atoms with van der Waals surface area (Å²) < 4.78 is 12.0. The Morgan fingerprint density at radius 2 is 1.88 bits per heavy atom. The van der Waals surface area contributed by atoms with Crippen LogP contribution in [-0.2, 0) is 6.54 Å². The Bertz CT molecular complexity index is 307. The number of piperidine rings is 1. The van der Waals surface area contributed by atoms with Crippen LogP contribution in [0.4, 0.5) is 4.39 Å². The molecule has 0 amide bonds. The average Bonchev–Trinajstić information content (AvgIpc) is 2.39. The number of benzene rings is 1. The molecule has 2 rings (SSSR count). The lowest BCUT2D eigenvalue weighted by Gasteiger charge is -2.32. The second-order valence-electron chi connectivity index (χ2n) is 4.68. The summed E-state index contributed by atoms with van der Waals surface area (Å²) in [5.74, 6) is 0. The Labute approximate surface area is 103 Å². The van der Waals surface area contributed by atoms with Gasteiger partial charge >= 0.3 is 0 Å². The van der Waals surface area contributed by atoms with E-state index < -0.39 is 0 Å². The highest BCUT2D eigenvalue weighted by molar-refractivity contribution is 5.14. The minimum atomic E-state index is -0.260. The maximum absolute atomic E-state index is 12.0. The van der Waals surface area contributed by atoms with E-state index in [2.05, 4.69) is 40.5 Å². The zero-order chi connectivity index (χ0) is 11.9. The van der Waals surface area contributed by atoms with Crippen LogP contribution in [0.2, 0.25) is 0 Å². The lowest BCUT2D eigenvalue weighted by Crippen LogP contribution is -2.42. The van der Waals surface area contributed by atoms with Crippen LogP contribution in [0.3, 0.4) is 0 Å². The van der Waals surface area contributed by atoms with E-state index in [0.29, 0.717) is 12.6 Å². The van der Waals surface area contributed by atoms with Gasteiger partial charge < -0.3 is 5.32 Å². The second kappa shape index (κ2) is 6.72. The topological polar surface area (TPSA) is 15.3 Å². The number of alkyl halides is 1. The molecular weight excluding hydrogens is 215 g/mol. The van der Waals surface area contributed by atoms with Crippen LogP contribution in [-0.4, -0.2) is 37.3 Å². The molecule has 2 nitrogen and oxygen atoms in total. The van der Waals surface area contributed by atoms with Gasteiger partial charge in [-0.05, 0) is 31.5 Å². The molecule has 1 saturated heterocycles. The summed E-state index contributed by atoms with van der Waals surface area (Å²) in [5, 5.41) is 3.25. The summed E-state index contributed by atoms with van der Waals surface area (Å²) in [7, 11) is 0. The van der Waals surface area contributed by atoms with Crippen LogP contribution in [0, 0.1) is 0 Å². The Kier molecular flexibility index (Phi) is 4.95. The van der Waals surface area contributed by atoms with Gasteiger partial charge in [-0.1, -0.05) is 30.3 Å². The lowest BCUT2D eigenvalue weighted by atomic mass is 10.0. The number of hydrogen-bond acceptors (Lipinski definition) is 2. The van der Waals surface area contributed by atoms with Gasteiger partial charge in [0.2, 0.25) is 0 Å². The molecule has 1 fully saturated rings. The molecule has 0 aliphatic carbocycles. The molecule has 1 heterocycles. The quantitative estimate of drug-likeness (QED) is 0.843. The van der Waals surface area contributed by atoms with Gasteiger partial charge in [-0.3, -0.25) is 4.90 Å². The first-order chi connectivity index (χ1) is 8.38. The normalized spacial score (nSPS) is 18.4. The average molecular weight is 236 g/mol. The molecule has 0 atom stereocenters. The van der Waals surface area contributed by atoms with E-state index >= 15 is 0 Å². The highest BCUT2D eigenvalue weighted by Gasteiger charge is 2.18. The Morgan fingerprint density at radius 1 is 1.18 bits per heavy atom. The molecule has 0 bridgehead atoms. The van der Waals surface area contributed by atoms with Crippen LogP contribution < -0.4 is 5.32 Å². The lowest BCUT2D eigenvalue weighted by molar-refractivity contribution is 0.189. The zero-order valence-corrected chi connectivity index (χ0v) is 10.2. The summed E-state index contributed by atoms with van der Waals surface area (Å²) in [6, 6.07) is 11.1.